The summed E-state index contributed by atoms with van der Waals surface area (Å²) in [6.45, 7) is 0.113. The number of hydrogen-bond donors (Lipinski definition) is 7. The lowest BCUT2D eigenvalue weighted by molar-refractivity contribution is -0.286. The Morgan fingerprint density at radius 1 is 0.878 bits per heavy atom. The number of benzene rings is 3. The van der Waals surface area contributed by atoms with Crippen molar-refractivity contribution in [1.82, 2.24) is 5.32 Å². The van der Waals surface area contributed by atoms with Gasteiger partial charge in [-0.1, -0.05) is 42.5 Å². The van der Waals surface area contributed by atoms with Crippen molar-refractivity contribution in [2.45, 2.75) is 48.7 Å². The molecule has 49 heavy (non-hydrogen) atoms. The van der Waals surface area contributed by atoms with E-state index in [0.29, 0.717) is 16.7 Å². The van der Waals surface area contributed by atoms with Gasteiger partial charge in [-0.05, 0) is 73.0 Å². The van der Waals surface area contributed by atoms with Crippen molar-refractivity contribution in [3.63, 3.8) is 0 Å². The van der Waals surface area contributed by atoms with Crippen LogP contribution in [0.25, 0.3) is 12.2 Å². The number of carboxylic acids is 1. The van der Waals surface area contributed by atoms with Gasteiger partial charge in [0.2, 0.25) is 0 Å². The molecule has 7 N–H and O–H groups in total. The molecule has 5 rings (SSSR count). The smallest absolute Gasteiger partial charge is 0.336 e. The molecular weight excluding hydrogens is 638 g/mol. The van der Waals surface area contributed by atoms with Crippen molar-refractivity contribution < 1.29 is 59.2 Å². The zero-order valence-corrected chi connectivity index (χ0v) is 26.4. The van der Waals surface area contributed by atoms with Crippen LogP contribution in [0.4, 0.5) is 0 Å². The third-order valence-electron chi connectivity index (χ3n) is 9.05. The lowest BCUT2D eigenvalue weighted by Gasteiger charge is -2.58. The van der Waals surface area contributed by atoms with Gasteiger partial charge in [0.25, 0.3) is 0 Å². The first-order valence-electron chi connectivity index (χ1n) is 15.5. The summed E-state index contributed by atoms with van der Waals surface area (Å²) in [5, 5.41) is 64.5. The van der Waals surface area contributed by atoms with E-state index in [-0.39, 0.29) is 30.9 Å². The number of aliphatic carboxylic acids is 1. The van der Waals surface area contributed by atoms with Crippen LogP contribution in [0.15, 0.2) is 78.9 Å². The van der Waals surface area contributed by atoms with Gasteiger partial charge in [-0.25, -0.2) is 14.4 Å². The molecule has 258 valence electrons. The predicted molar refractivity (Wildman–Crippen MR) is 174 cm³/mol. The van der Waals surface area contributed by atoms with Gasteiger partial charge in [-0.3, -0.25) is 0 Å². The number of hydrogen-bond acceptors (Lipinski definition) is 12. The Hall–Kier alpha value is -5.37. The minimum absolute atomic E-state index is 0.0950. The van der Waals surface area contributed by atoms with E-state index in [9.17, 15) is 45.0 Å². The summed E-state index contributed by atoms with van der Waals surface area (Å²) < 4.78 is 18.3. The van der Waals surface area contributed by atoms with Gasteiger partial charge in [0.15, 0.2) is 40.3 Å². The van der Waals surface area contributed by atoms with Crippen molar-refractivity contribution in [2.24, 2.45) is 5.92 Å². The number of aliphatic hydroxyl groups is 1. The maximum atomic E-state index is 13.6. The van der Waals surface area contributed by atoms with Crippen molar-refractivity contribution in [3.8, 4) is 23.0 Å². The zero-order chi connectivity index (χ0) is 35.3. The standard InChI is InChI=1S/C36H37NO12/c1-37-29-15-16-47-30-20-35(46,34(44)45)24(17-21-5-3-2-4-6-21)33(48-31(42)13-9-22-7-11-25(38)27(40)18-22)36(29,30)49-32(43)14-10-23-8-12-26(39)28(41)19-23/h2-14,18-19,24,29-30,33,37-41,46H,15-17,20H2,1H3,(H,44,45)/b13-9+,14-10+/t24-,29-,30-,33-,35-,36+/m1/s1. The van der Waals surface area contributed by atoms with E-state index in [1.807, 2.05) is 0 Å². The number of carboxylic acid groups (broad SMARTS) is 1. The number of phenols is 4. The third kappa shape index (κ3) is 7.23. The average molecular weight is 676 g/mol. The SMILES string of the molecule is CN[C@@H]1CCO[C@@H]2C[C@](O)(C(=O)O)[C@H](Cc3ccccc3)[C@@H](OC(=O)/C=C/c3ccc(O)c(O)c3)[C@]12OC(=O)/C=C/c1ccc(O)c(O)c1. The summed E-state index contributed by atoms with van der Waals surface area (Å²) >= 11 is 0. The van der Waals surface area contributed by atoms with Crippen LogP contribution in [0.2, 0.25) is 0 Å². The highest BCUT2D eigenvalue weighted by Gasteiger charge is 2.70. The summed E-state index contributed by atoms with van der Waals surface area (Å²) in [5.74, 6) is -6.37. The molecule has 0 unspecified atom stereocenters. The van der Waals surface area contributed by atoms with Crippen molar-refractivity contribution in [3.05, 3.63) is 95.6 Å². The Kier molecular flexibility index (Phi) is 10.3. The summed E-state index contributed by atoms with van der Waals surface area (Å²) in [4.78, 5) is 40.1. The van der Waals surface area contributed by atoms with E-state index in [2.05, 4.69) is 5.32 Å². The number of carbonyl (C=O) groups is 3. The maximum absolute atomic E-state index is 13.6. The van der Waals surface area contributed by atoms with Gasteiger partial charge in [0.05, 0.1) is 6.04 Å². The lowest BCUT2D eigenvalue weighted by Crippen LogP contribution is -2.78. The van der Waals surface area contributed by atoms with E-state index < -0.39 is 71.2 Å². The molecule has 1 aliphatic carbocycles. The first kappa shape index (κ1) is 35.0. The molecule has 2 aliphatic rings. The first-order chi connectivity index (χ1) is 23.4. The van der Waals surface area contributed by atoms with E-state index in [4.69, 9.17) is 14.2 Å². The average Bonchev–Trinajstić information content (AvgIpc) is 3.08. The number of fused-ring (bicyclic) bond motifs is 1. The Morgan fingerprint density at radius 3 is 2.02 bits per heavy atom. The number of aromatic hydroxyl groups is 4. The van der Waals surface area contributed by atoms with Crippen molar-refractivity contribution >= 4 is 30.1 Å². The Morgan fingerprint density at radius 2 is 1.47 bits per heavy atom. The van der Waals surface area contributed by atoms with Crippen LogP contribution in [0.5, 0.6) is 23.0 Å². The van der Waals surface area contributed by atoms with Crippen molar-refractivity contribution in [2.75, 3.05) is 13.7 Å². The molecule has 13 nitrogen and oxygen atoms in total. The molecule has 0 aromatic heterocycles. The maximum Gasteiger partial charge on any atom is 0.336 e. The van der Waals surface area contributed by atoms with E-state index >= 15 is 0 Å². The highest BCUT2D eigenvalue weighted by Crippen LogP contribution is 2.50. The molecule has 6 atom stereocenters. The molecule has 3 aromatic rings. The predicted octanol–water partition coefficient (Wildman–Crippen LogP) is 2.88. The number of likely N-dealkylation sites (N-methyl/N-ethyl adjacent to an activating group) is 1. The monoisotopic (exact) mass is 675 g/mol. The van der Waals surface area contributed by atoms with Gasteiger partial charge >= 0.3 is 17.9 Å². The molecule has 3 aromatic carbocycles. The minimum Gasteiger partial charge on any atom is -0.504 e. The molecule has 1 aliphatic heterocycles. The Labute approximate surface area is 281 Å². The van der Waals surface area contributed by atoms with Gasteiger partial charge in [-0.15, -0.1) is 0 Å². The second-order valence-electron chi connectivity index (χ2n) is 12.0. The van der Waals surface area contributed by atoms with Crippen molar-refractivity contribution in [1.29, 1.82) is 0 Å². The third-order valence-corrected chi connectivity index (χ3v) is 9.05. The second-order valence-corrected chi connectivity index (χ2v) is 12.0. The van der Waals surface area contributed by atoms with Gasteiger partial charge in [0.1, 0.15) is 6.10 Å². The number of nitrogens with one attached hydrogen (secondary N) is 1. The summed E-state index contributed by atoms with van der Waals surface area (Å²) in [6, 6.07) is 15.8. The van der Waals surface area contributed by atoms with Gasteiger partial charge in [-0.2, -0.15) is 0 Å². The molecule has 1 saturated carbocycles. The van der Waals surface area contributed by atoms with E-state index in [0.717, 1.165) is 12.2 Å². The fraction of sp³-hybridized carbons (Fsp3) is 0.306. The number of phenolic OH excluding ortho intramolecular Hbond substituents is 4. The summed E-state index contributed by atoms with van der Waals surface area (Å²) in [5.41, 5.74) is -3.05. The quantitative estimate of drug-likeness (QED) is 0.0937. The van der Waals surface area contributed by atoms with Gasteiger partial charge < -0.3 is 50.2 Å². The second kappa shape index (κ2) is 14.4. The minimum atomic E-state index is -2.50. The topological polar surface area (TPSA) is 212 Å². The fourth-order valence-electron chi connectivity index (χ4n) is 6.63. The van der Waals surface area contributed by atoms with E-state index in [1.165, 1.54) is 48.6 Å². The van der Waals surface area contributed by atoms with E-state index in [1.54, 1.807) is 37.4 Å². The molecule has 1 heterocycles. The summed E-state index contributed by atoms with van der Waals surface area (Å²) in [7, 11) is 1.61. The van der Waals surface area contributed by atoms with Crippen LogP contribution in [0.3, 0.4) is 0 Å². The van der Waals surface area contributed by atoms with Crippen LogP contribution in [0.1, 0.15) is 29.5 Å². The highest BCUT2D eigenvalue weighted by molar-refractivity contribution is 5.89. The first-order valence-corrected chi connectivity index (χ1v) is 15.5. The molecule has 13 heteroatoms. The number of esters is 2. The largest absolute Gasteiger partial charge is 0.504 e. The lowest BCUT2D eigenvalue weighted by atomic mass is 9.60. The molecule has 1 saturated heterocycles. The molecule has 0 bridgehead atoms. The molecule has 0 amide bonds. The normalized spacial score (nSPS) is 26.7. The number of ether oxygens (including phenoxy) is 3. The van der Waals surface area contributed by atoms with Crippen LogP contribution in [-0.2, 0) is 35.0 Å². The zero-order valence-electron chi connectivity index (χ0n) is 26.4. The van der Waals surface area contributed by atoms with Gasteiger partial charge in [0, 0.05) is 31.1 Å². The Balaban J connectivity index is 1.60. The van der Waals surface area contributed by atoms with Crippen LogP contribution in [0, 0.1) is 5.92 Å². The number of carbonyl (C=O) groups excluding carboxylic acids is 2. The highest BCUT2D eigenvalue weighted by atomic mass is 16.6. The Bertz CT molecular complexity index is 1760. The number of rotatable bonds is 10. The van der Waals surface area contributed by atoms with Crippen LogP contribution >= 0.6 is 0 Å². The van der Waals surface area contributed by atoms with Crippen LogP contribution < -0.4 is 5.32 Å². The molecule has 2 fully saturated rings. The summed E-state index contributed by atoms with van der Waals surface area (Å²) in [6.07, 6.45) is 1.55. The fourth-order valence-corrected chi connectivity index (χ4v) is 6.63. The van der Waals surface area contributed by atoms with Crippen LogP contribution in [-0.4, -0.2) is 91.7 Å². The molecule has 0 spiro atoms. The molecule has 0 radical (unpaired) electrons. The molecular formula is C36H37NO12.